The first-order chi connectivity index (χ1) is 13.4. The van der Waals surface area contributed by atoms with Crippen LogP contribution < -0.4 is 0 Å². The van der Waals surface area contributed by atoms with Crippen LogP contribution in [0.1, 0.15) is 73.1 Å². The molecule has 6 atom stereocenters. The van der Waals surface area contributed by atoms with Crippen molar-refractivity contribution in [2.75, 3.05) is 13.7 Å². The lowest BCUT2D eigenvalue weighted by atomic mass is 9.45. The van der Waals surface area contributed by atoms with Gasteiger partial charge in [-0.05, 0) is 45.1 Å². The van der Waals surface area contributed by atoms with Gasteiger partial charge in [0.15, 0.2) is 0 Å². The van der Waals surface area contributed by atoms with Crippen molar-refractivity contribution in [1.82, 2.24) is 0 Å². The number of hydrogen-bond acceptors (Lipinski definition) is 6. The molecule has 0 amide bonds. The largest absolute Gasteiger partial charge is 0.469 e. The zero-order valence-electron chi connectivity index (χ0n) is 18.7. The van der Waals surface area contributed by atoms with E-state index in [0.29, 0.717) is 6.61 Å². The van der Waals surface area contributed by atoms with Crippen molar-refractivity contribution >= 4 is 11.9 Å². The summed E-state index contributed by atoms with van der Waals surface area (Å²) < 4.78 is 17.1. The van der Waals surface area contributed by atoms with Gasteiger partial charge < -0.3 is 19.3 Å². The molecule has 2 fully saturated rings. The summed E-state index contributed by atoms with van der Waals surface area (Å²) in [5.74, 6) is -0.674. The maximum absolute atomic E-state index is 12.0. The van der Waals surface area contributed by atoms with E-state index in [4.69, 9.17) is 14.2 Å². The molecule has 0 aromatic heterocycles. The molecule has 1 N–H and O–H groups in total. The van der Waals surface area contributed by atoms with Gasteiger partial charge in [0.25, 0.3) is 0 Å². The highest BCUT2D eigenvalue weighted by Crippen LogP contribution is 2.66. The second-order valence-corrected chi connectivity index (χ2v) is 10.2. The minimum absolute atomic E-state index is 0.104. The highest BCUT2D eigenvalue weighted by Gasteiger charge is 2.67. The molecule has 1 spiro atoms. The third-order valence-corrected chi connectivity index (χ3v) is 7.98. The fourth-order valence-corrected chi connectivity index (χ4v) is 6.69. The van der Waals surface area contributed by atoms with E-state index in [1.165, 1.54) is 14.0 Å². The van der Waals surface area contributed by atoms with Crippen molar-refractivity contribution in [1.29, 1.82) is 0 Å². The summed E-state index contributed by atoms with van der Waals surface area (Å²) in [6, 6.07) is 0. The molecule has 1 aliphatic heterocycles. The Bertz CT molecular complexity index is 716. The Labute approximate surface area is 174 Å². The van der Waals surface area contributed by atoms with Crippen LogP contribution in [0, 0.1) is 16.7 Å². The Morgan fingerprint density at radius 2 is 1.90 bits per heavy atom. The molecule has 6 heteroatoms. The maximum Gasteiger partial charge on any atom is 0.308 e. The fraction of sp³-hybridized carbons (Fsp3) is 0.826. The molecular formula is C23H36O6. The van der Waals surface area contributed by atoms with Crippen LogP contribution >= 0.6 is 0 Å². The lowest BCUT2D eigenvalue weighted by molar-refractivity contribution is -0.218. The predicted octanol–water partition coefficient (Wildman–Crippen LogP) is 3.55. The summed E-state index contributed by atoms with van der Waals surface area (Å²) in [4.78, 5) is 23.5. The van der Waals surface area contributed by atoms with E-state index in [9.17, 15) is 14.7 Å². The summed E-state index contributed by atoms with van der Waals surface area (Å²) in [5, 5.41) is 11.2. The third-order valence-electron chi connectivity index (χ3n) is 7.98. The van der Waals surface area contributed by atoms with Crippen LogP contribution in [-0.2, 0) is 23.8 Å². The van der Waals surface area contributed by atoms with Crippen LogP contribution in [0.25, 0.3) is 0 Å². The van der Waals surface area contributed by atoms with Crippen molar-refractivity contribution in [2.45, 2.75) is 90.4 Å². The molecule has 1 heterocycles. The molecule has 0 aromatic rings. The van der Waals surface area contributed by atoms with Crippen LogP contribution in [0.2, 0.25) is 0 Å². The van der Waals surface area contributed by atoms with E-state index in [1.807, 2.05) is 19.9 Å². The van der Waals surface area contributed by atoms with E-state index in [0.717, 1.165) is 37.7 Å². The van der Waals surface area contributed by atoms with Crippen molar-refractivity contribution < 1.29 is 28.9 Å². The highest BCUT2D eigenvalue weighted by atomic mass is 16.5. The predicted molar refractivity (Wildman–Crippen MR) is 108 cm³/mol. The van der Waals surface area contributed by atoms with Crippen molar-refractivity contribution in [3.8, 4) is 0 Å². The topological polar surface area (TPSA) is 82.1 Å². The number of aliphatic hydroxyl groups is 1. The number of carbonyl (C=O) groups is 2. The molecule has 0 radical (unpaired) electrons. The summed E-state index contributed by atoms with van der Waals surface area (Å²) in [7, 11) is 1.40. The van der Waals surface area contributed by atoms with Gasteiger partial charge in [-0.2, -0.15) is 0 Å². The number of carbonyl (C=O) groups excluding carboxylic acids is 2. The smallest absolute Gasteiger partial charge is 0.308 e. The minimum atomic E-state index is -0.623. The fourth-order valence-electron chi connectivity index (χ4n) is 6.69. The number of hydrogen-bond donors (Lipinski definition) is 1. The van der Waals surface area contributed by atoms with Crippen LogP contribution in [0.4, 0.5) is 0 Å². The third kappa shape index (κ3) is 3.52. The van der Waals surface area contributed by atoms with Gasteiger partial charge in [0.05, 0.1) is 37.4 Å². The van der Waals surface area contributed by atoms with Gasteiger partial charge in [0, 0.05) is 23.7 Å². The number of fused-ring (bicyclic) bond motifs is 2. The normalized spacial score (nSPS) is 44.2. The molecule has 164 valence electrons. The van der Waals surface area contributed by atoms with Crippen LogP contribution in [0.15, 0.2) is 11.6 Å². The number of ether oxygens (including phenoxy) is 3. The quantitative estimate of drug-likeness (QED) is 0.566. The Morgan fingerprint density at radius 3 is 2.52 bits per heavy atom. The van der Waals surface area contributed by atoms with Crippen molar-refractivity contribution in [3.05, 3.63) is 11.6 Å². The SMILES string of the molecule is COC(=O)CC1(C)CCC2(O1)C(C)=CC(O)C1C(C)(COC(C)=O)CCCC12C. The summed E-state index contributed by atoms with van der Waals surface area (Å²) >= 11 is 0. The molecule has 6 nitrogen and oxygen atoms in total. The van der Waals surface area contributed by atoms with Gasteiger partial charge in [-0.15, -0.1) is 0 Å². The van der Waals surface area contributed by atoms with Gasteiger partial charge in [-0.3, -0.25) is 9.59 Å². The molecule has 1 saturated heterocycles. The molecule has 1 saturated carbocycles. The number of methoxy groups -OCH3 is 1. The number of rotatable bonds is 4. The van der Waals surface area contributed by atoms with E-state index >= 15 is 0 Å². The minimum Gasteiger partial charge on any atom is -0.469 e. The number of aliphatic hydroxyl groups excluding tert-OH is 1. The molecule has 0 aromatic carbocycles. The zero-order valence-corrected chi connectivity index (χ0v) is 18.7. The molecule has 2 aliphatic carbocycles. The first kappa shape index (κ1) is 22.3. The van der Waals surface area contributed by atoms with Gasteiger partial charge in [-0.1, -0.05) is 26.3 Å². The van der Waals surface area contributed by atoms with Crippen LogP contribution in [0.5, 0.6) is 0 Å². The van der Waals surface area contributed by atoms with Crippen molar-refractivity contribution in [3.63, 3.8) is 0 Å². The monoisotopic (exact) mass is 408 g/mol. The molecule has 6 unspecified atom stereocenters. The Kier molecular flexibility index (Phi) is 5.67. The maximum atomic E-state index is 12.0. The second kappa shape index (κ2) is 7.38. The molecule has 29 heavy (non-hydrogen) atoms. The Morgan fingerprint density at radius 1 is 1.21 bits per heavy atom. The number of esters is 2. The Hall–Kier alpha value is -1.40. The summed E-state index contributed by atoms with van der Waals surface area (Å²) in [6.45, 7) is 10.1. The average Bonchev–Trinajstić information content (AvgIpc) is 2.98. The summed E-state index contributed by atoms with van der Waals surface area (Å²) in [5.41, 5.74) is -0.771. The second-order valence-electron chi connectivity index (χ2n) is 10.2. The van der Waals surface area contributed by atoms with Crippen LogP contribution in [0.3, 0.4) is 0 Å². The van der Waals surface area contributed by atoms with Gasteiger partial charge in [0.2, 0.25) is 0 Å². The van der Waals surface area contributed by atoms with E-state index in [-0.39, 0.29) is 35.1 Å². The Balaban J connectivity index is 2.01. The van der Waals surface area contributed by atoms with E-state index in [2.05, 4.69) is 13.8 Å². The van der Waals surface area contributed by atoms with Crippen molar-refractivity contribution in [2.24, 2.45) is 16.7 Å². The van der Waals surface area contributed by atoms with Gasteiger partial charge in [0.1, 0.15) is 0 Å². The molecule has 3 aliphatic rings. The lowest BCUT2D eigenvalue weighted by Crippen LogP contribution is -2.64. The molecule has 3 rings (SSSR count). The highest BCUT2D eigenvalue weighted by molar-refractivity contribution is 5.70. The first-order valence-electron chi connectivity index (χ1n) is 10.7. The molecule has 0 bridgehead atoms. The first-order valence-corrected chi connectivity index (χ1v) is 10.7. The van der Waals surface area contributed by atoms with E-state index in [1.54, 1.807) is 0 Å². The zero-order chi connectivity index (χ0) is 21.7. The summed E-state index contributed by atoms with van der Waals surface area (Å²) in [6.07, 6.45) is 5.86. The lowest BCUT2D eigenvalue weighted by Gasteiger charge is -2.62. The average molecular weight is 409 g/mol. The van der Waals surface area contributed by atoms with Gasteiger partial charge >= 0.3 is 11.9 Å². The molecular weight excluding hydrogens is 372 g/mol. The standard InChI is InChI=1S/C23H36O6/c1-15-12-17(25)19-20(3,14-28-16(2)24)8-7-9-22(19,5)23(15)11-10-21(4,29-23)13-18(26)27-6/h12,17,19,25H,7-11,13-14H2,1-6H3. The van der Waals surface area contributed by atoms with E-state index < -0.39 is 17.3 Å². The van der Waals surface area contributed by atoms with Gasteiger partial charge in [-0.25, -0.2) is 0 Å². The van der Waals surface area contributed by atoms with Crippen LogP contribution in [-0.4, -0.2) is 48.1 Å².